The van der Waals surface area contributed by atoms with Gasteiger partial charge in [0.05, 0.1) is 11.6 Å². The quantitative estimate of drug-likeness (QED) is 0.829. The van der Waals surface area contributed by atoms with Crippen molar-refractivity contribution >= 4 is 16.7 Å². The van der Waals surface area contributed by atoms with Gasteiger partial charge in [0.25, 0.3) is 0 Å². The zero-order valence-electron chi connectivity index (χ0n) is 10.7. The number of nitriles is 1. The molecule has 0 aliphatic rings. The summed E-state index contributed by atoms with van der Waals surface area (Å²) in [5.74, 6) is 0.666. The van der Waals surface area contributed by atoms with Crippen molar-refractivity contribution in [1.29, 1.82) is 5.26 Å². The molecule has 0 aliphatic heterocycles. The summed E-state index contributed by atoms with van der Waals surface area (Å²) in [6.45, 7) is 4.21. The predicted molar refractivity (Wildman–Crippen MR) is 71.4 cm³/mol. The number of nitrogens with zero attached hydrogens (tertiary/aromatic N) is 1. The van der Waals surface area contributed by atoms with Gasteiger partial charge in [-0.15, -0.1) is 0 Å². The van der Waals surface area contributed by atoms with E-state index in [0.717, 1.165) is 17.3 Å². The molecule has 0 saturated carbocycles. The van der Waals surface area contributed by atoms with Gasteiger partial charge in [0.2, 0.25) is 0 Å². The lowest BCUT2D eigenvalue weighted by molar-refractivity contribution is 0.0977. The Hall–Kier alpha value is -2.08. The predicted octanol–water partition coefficient (Wildman–Crippen LogP) is 3.66. The summed E-state index contributed by atoms with van der Waals surface area (Å²) < 4.78 is 0. The Morgan fingerprint density at radius 3 is 2.89 bits per heavy atom. The number of aromatic nitrogens is 1. The monoisotopic (exact) mass is 240 g/mol. The van der Waals surface area contributed by atoms with Gasteiger partial charge >= 0.3 is 0 Å². The average molecular weight is 240 g/mol. The Balaban J connectivity index is 2.33. The van der Waals surface area contributed by atoms with Gasteiger partial charge in [-0.1, -0.05) is 13.8 Å². The fourth-order valence-electron chi connectivity index (χ4n) is 1.98. The molecule has 1 heterocycles. The minimum atomic E-state index is 0.144. The number of fused-ring (bicyclic) bond motifs is 1. The molecule has 3 heteroatoms. The summed E-state index contributed by atoms with van der Waals surface area (Å²) >= 11 is 0. The van der Waals surface area contributed by atoms with Gasteiger partial charge in [0, 0.05) is 29.1 Å². The third kappa shape index (κ3) is 2.43. The molecule has 0 aliphatic carbocycles. The summed E-state index contributed by atoms with van der Waals surface area (Å²) in [5.41, 5.74) is 2.18. The Morgan fingerprint density at radius 1 is 1.44 bits per heavy atom. The molecule has 0 bridgehead atoms. The molecule has 1 N–H and O–H groups in total. The first kappa shape index (κ1) is 12.4. The highest BCUT2D eigenvalue weighted by Crippen LogP contribution is 2.22. The van der Waals surface area contributed by atoms with Crippen LogP contribution >= 0.6 is 0 Å². The lowest BCUT2D eigenvalue weighted by Gasteiger charge is -2.03. The molecule has 0 atom stereocenters. The van der Waals surface area contributed by atoms with Gasteiger partial charge in [-0.3, -0.25) is 4.79 Å². The van der Waals surface area contributed by atoms with E-state index in [1.165, 1.54) is 0 Å². The van der Waals surface area contributed by atoms with Gasteiger partial charge in [0.1, 0.15) is 0 Å². The van der Waals surface area contributed by atoms with E-state index in [-0.39, 0.29) is 5.78 Å². The first-order chi connectivity index (χ1) is 8.61. The second-order valence-electron chi connectivity index (χ2n) is 4.93. The highest BCUT2D eigenvalue weighted by Gasteiger charge is 2.12. The maximum Gasteiger partial charge on any atom is 0.165 e. The zero-order valence-corrected chi connectivity index (χ0v) is 10.7. The maximum atomic E-state index is 12.1. The number of ketones is 1. The lowest BCUT2D eigenvalue weighted by Crippen LogP contribution is -2.00. The molecule has 0 radical (unpaired) electrons. The van der Waals surface area contributed by atoms with Crippen molar-refractivity contribution in [2.75, 3.05) is 0 Å². The molecular formula is C15H16N2O. The molecule has 0 unspecified atom stereocenters. The van der Waals surface area contributed by atoms with Crippen LogP contribution in [0.3, 0.4) is 0 Å². The topological polar surface area (TPSA) is 56.6 Å². The van der Waals surface area contributed by atoms with Crippen LogP contribution in [-0.2, 0) is 0 Å². The number of carbonyl (C=O) groups is 1. The Kier molecular flexibility index (Phi) is 3.47. The highest BCUT2D eigenvalue weighted by molar-refractivity contribution is 6.08. The van der Waals surface area contributed by atoms with Gasteiger partial charge in [-0.2, -0.15) is 5.26 Å². The van der Waals surface area contributed by atoms with Crippen LogP contribution in [0.2, 0.25) is 0 Å². The number of hydrogen-bond acceptors (Lipinski definition) is 2. The van der Waals surface area contributed by atoms with Gasteiger partial charge < -0.3 is 4.98 Å². The van der Waals surface area contributed by atoms with Crippen molar-refractivity contribution in [2.24, 2.45) is 5.92 Å². The summed E-state index contributed by atoms with van der Waals surface area (Å²) in [6, 6.07) is 7.46. The molecule has 1 aromatic carbocycles. The zero-order chi connectivity index (χ0) is 13.1. The molecule has 1 aromatic heterocycles. The van der Waals surface area contributed by atoms with Crippen LogP contribution in [0.1, 0.15) is 42.6 Å². The van der Waals surface area contributed by atoms with E-state index < -0.39 is 0 Å². The van der Waals surface area contributed by atoms with E-state index in [9.17, 15) is 4.79 Å². The molecule has 92 valence electrons. The third-order valence-electron chi connectivity index (χ3n) is 3.06. The molecule has 0 spiro atoms. The van der Waals surface area contributed by atoms with Gasteiger partial charge in [0.15, 0.2) is 5.78 Å². The first-order valence-electron chi connectivity index (χ1n) is 6.16. The summed E-state index contributed by atoms with van der Waals surface area (Å²) in [4.78, 5) is 15.2. The smallest absolute Gasteiger partial charge is 0.165 e. The molecule has 0 fully saturated rings. The largest absolute Gasteiger partial charge is 0.360 e. The minimum Gasteiger partial charge on any atom is -0.360 e. The lowest BCUT2D eigenvalue weighted by atomic mass is 10.0. The summed E-state index contributed by atoms with van der Waals surface area (Å²) in [7, 11) is 0. The number of rotatable bonds is 4. The van der Waals surface area contributed by atoms with Crippen LogP contribution in [-0.4, -0.2) is 10.8 Å². The molecule has 2 aromatic rings. The average Bonchev–Trinajstić information content (AvgIpc) is 2.78. The number of nitrogens with one attached hydrogen (secondary N) is 1. The molecule has 2 rings (SSSR count). The van der Waals surface area contributed by atoms with Gasteiger partial charge in [-0.05, 0) is 30.5 Å². The van der Waals surface area contributed by atoms with Crippen LogP contribution in [0.5, 0.6) is 0 Å². The van der Waals surface area contributed by atoms with E-state index in [1.54, 1.807) is 18.3 Å². The van der Waals surface area contributed by atoms with Crippen LogP contribution < -0.4 is 0 Å². The normalized spacial score (nSPS) is 10.8. The van der Waals surface area contributed by atoms with Crippen LogP contribution in [0.25, 0.3) is 10.9 Å². The molecule has 3 nitrogen and oxygen atoms in total. The highest BCUT2D eigenvalue weighted by atomic mass is 16.1. The standard InChI is InChI=1S/C15H16N2O/c1-10(2)3-6-15(18)13-9-17-14-5-4-11(8-16)7-12(13)14/h4-5,7,9-10,17H,3,6H2,1-2H3. The second kappa shape index (κ2) is 5.05. The number of carbonyl (C=O) groups excluding carboxylic acids is 1. The van der Waals surface area contributed by atoms with Crippen molar-refractivity contribution in [3.05, 3.63) is 35.5 Å². The van der Waals surface area contributed by atoms with Crippen molar-refractivity contribution in [3.8, 4) is 6.07 Å². The number of Topliss-reactive ketones (excluding diaryl/α,β-unsaturated/α-hetero) is 1. The van der Waals surface area contributed by atoms with E-state index >= 15 is 0 Å². The summed E-state index contributed by atoms with van der Waals surface area (Å²) in [6.07, 6.45) is 3.19. The van der Waals surface area contributed by atoms with Crippen molar-refractivity contribution in [3.63, 3.8) is 0 Å². The second-order valence-corrected chi connectivity index (χ2v) is 4.93. The first-order valence-corrected chi connectivity index (χ1v) is 6.16. The van der Waals surface area contributed by atoms with Crippen molar-refractivity contribution < 1.29 is 4.79 Å². The SMILES string of the molecule is CC(C)CCC(=O)c1c[nH]c2ccc(C#N)cc12. The molecular weight excluding hydrogens is 224 g/mol. The third-order valence-corrected chi connectivity index (χ3v) is 3.06. The van der Waals surface area contributed by atoms with Crippen LogP contribution in [0.15, 0.2) is 24.4 Å². The van der Waals surface area contributed by atoms with E-state index in [4.69, 9.17) is 5.26 Å². The Bertz CT molecular complexity index is 617. The van der Waals surface area contributed by atoms with Crippen LogP contribution in [0, 0.1) is 17.2 Å². The summed E-state index contributed by atoms with van der Waals surface area (Å²) in [5, 5.41) is 9.74. The van der Waals surface area contributed by atoms with Crippen molar-refractivity contribution in [1.82, 2.24) is 4.98 Å². The maximum absolute atomic E-state index is 12.1. The van der Waals surface area contributed by atoms with E-state index in [0.29, 0.717) is 23.5 Å². The molecule has 18 heavy (non-hydrogen) atoms. The Labute approximate surface area is 106 Å². The minimum absolute atomic E-state index is 0.144. The molecule has 0 amide bonds. The van der Waals surface area contributed by atoms with E-state index in [1.807, 2.05) is 6.07 Å². The Morgan fingerprint density at radius 2 is 2.22 bits per heavy atom. The number of H-pyrrole nitrogens is 1. The number of aromatic amines is 1. The molecule has 0 saturated heterocycles. The fraction of sp³-hybridized carbons (Fsp3) is 0.333. The number of benzene rings is 1. The van der Waals surface area contributed by atoms with E-state index in [2.05, 4.69) is 24.9 Å². The van der Waals surface area contributed by atoms with Crippen LogP contribution in [0.4, 0.5) is 0 Å². The van der Waals surface area contributed by atoms with Gasteiger partial charge in [-0.25, -0.2) is 0 Å². The van der Waals surface area contributed by atoms with Crippen molar-refractivity contribution in [2.45, 2.75) is 26.7 Å². The fourth-order valence-corrected chi connectivity index (χ4v) is 1.98. The number of hydrogen-bond donors (Lipinski definition) is 1.